The van der Waals surface area contributed by atoms with E-state index in [4.69, 9.17) is 9.15 Å². The van der Waals surface area contributed by atoms with Crippen molar-refractivity contribution in [3.8, 4) is 5.95 Å². The van der Waals surface area contributed by atoms with Gasteiger partial charge in [0.05, 0.1) is 6.26 Å². The average molecular weight is 321 g/mol. The van der Waals surface area contributed by atoms with E-state index in [2.05, 4.69) is 17.4 Å². The fraction of sp³-hybridized carbons (Fsp3) is 0.150. The number of hydrogen-bond acceptors (Lipinski definition) is 3. The number of carbonyl (C=O) groups is 1. The predicted octanol–water partition coefficient (Wildman–Crippen LogP) is 4.18. The van der Waals surface area contributed by atoms with Crippen LogP contribution in [-0.2, 0) is 12.8 Å². The lowest BCUT2D eigenvalue weighted by molar-refractivity contribution is 0.189. The molecular weight excluding hydrogens is 302 g/mol. The van der Waals surface area contributed by atoms with E-state index in [9.17, 15) is 4.79 Å². The largest absolute Gasteiger partial charge is 0.433 e. The van der Waals surface area contributed by atoms with Crippen molar-refractivity contribution in [2.75, 3.05) is 7.05 Å². The molecule has 0 bridgehead atoms. The molecule has 122 valence electrons. The van der Waals surface area contributed by atoms with Gasteiger partial charge in [-0.25, -0.2) is 4.79 Å². The second-order valence-electron chi connectivity index (χ2n) is 5.49. The summed E-state index contributed by atoms with van der Waals surface area (Å²) in [4.78, 5) is 11.6. The van der Waals surface area contributed by atoms with Crippen LogP contribution in [-0.4, -0.2) is 13.1 Å². The summed E-state index contributed by atoms with van der Waals surface area (Å²) < 4.78 is 10.8. The van der Waals surface area contributed by atoms with Crippen LogP contribution in [0.3, 0.4) is 0 Å². The Morgan fingerprint density at radius 2 is 1.54 bits per heavy atom. The summed E-state index contributed by atoms with van der Waals surface area (Å²) in [6.45, 7) is 0. The number of furan rings is 1. The lowest BCUT2D eigenvalue weighted by Crippen LogP contribution is -2.22. The molecule has 0 fully saturated rings. The zero-order valence-electron chi connectivity index (χ0n) is 13.5. The van der Waals surface area contributed by atoms with Crippen LogP contribution < -0.4 is 10.1 Å². The highest BCUT2D eigenvalue weighted by Gasteiger charge is 2.18. The van der Waals surface area contributed by atoms with E-state index >= 15 is 0 Å². The smallest absolute Gasteiger partial charge is 0.414 e. The number of rotatable bonds is 5. The molecule has 24 heavy (non-hydrogen) atoms. The van der Waals surface area contributed by atoms with Gasteiger partial charge in [-0.15, -0.1) is 0 Å². The third-order valence-corrected chi connectivity index (χ3v) is 3.79. The number of amides is 1. The minimum atomic E-state index is -0.537. The molecule has 3 aromatic rings. The Bertz CT molecular complexity index is 794. The van der Waals surface area contributed by atoms with Gasteiger partial charge in [-0.05, 0) is 11.1 Å². The van der Waals surface area contributed by atoms with Crippen molar-refractivity contribution in [1.82, 2.24) is 5.32 Å². The van der Waals surface area contributed by atoms with E-state index in [0.717, 1.165) is 23.1 Å². The van der Waals surface area contributed by atoms with Crippen LogP contribution in [0.2, 0.25) is 0 Å². The van der Waals surface area contributed by atoms with E-state index in [0.29, 0.717) is 6.42 Å². The second kappa shape index (κ2) is 7.51. The number of benzene rings is 2. The Balaban J connectivity index is 1.91. The molecule has 0 aliphatic carbocycles. The Kier molecular flexibility index (Phi) is 4.96. The molecule has 1 aromatic heterocycles. The maximum Gasteiger partial charge on any atom is 0.414 e. The van der Waals surface area contributed by atoms with Crippen molar-refractivity contribution in [3.63, 3.8) is 0 Å². The molecule has 4 nitrogen and oxygen atoms in total. The summed E-state index contributed by atoms with van der Waals surface area (Å²) in [5, 5.41) is 2.44. The molecule has 0 unspecified atom stereocenters. The van der Waals surface area contributed by atoms with Gasteiger partial charge in [-0.1, -0.05) is 60.7 Å². The first-order chi connectivity index (χ1) is 11.8. The second-order valence-corrected chi connectivity index (χ2v) is 5.49. The van der Waals surface area contributed by atoms with Crippen molar-refractivity contribution in [2.45, 2.75) is 12.8 Å². The predicted molar refractivity (Wildman–Crippen MR) is 92.3 cm³/mol. The molecule has 4 heteroatoms. The van der Waals surface area contributed by atoms with Crippen molar-refractivity contribution < 1.29 is 13.9 Å². The highest BCUT2D eigenvalue weighted by molar-refractivity contribution is 5.69. The van der Waals surface area contributed by atoms with Crippen molar-refractivity contribution >= 4 is 6.09 Å². The maximum atomic E-state index is 11.6. The summed E-state index contributed by atoms with van der Waals surface area (Å²) in [6, 6.07) is 20.2. The molecule has 0 spiro atoms. The van der Waals surface area contributed by atoms with Gasteiger partial charge in [0.15, 0.2) is 0 Å². The van der Waals surface area contributed by atoms with E-state index in [1.54, 1.807) is 6.26 Å². The molecule has 0 saturated carbocycles. The summed E-state index contributed by atoms with van der Waals surface area (Å²) >= 11 is 0. The standard InChI is InChI=1S/C20H19NO3/c1-21-20(22)24-19-18(13-16-10-6-3-7-11-16)17(14-23-19)12-15-8-4-2-5-9-15/h2-11,14H,12-13H2,1H3,(H,21,22). The van der Waals surface area contributed by atoms with Gasteiger partial charge in [0.1, 0.15) is 0 Å². The zero-order valence-corrected chi connectivity index (χ0v) is 13.5. The topological polar surface area (TPSA) is 51.5 Å². The van der Waals surface area contributed by atoms with Crippen LogP contribution in [0.1, 0.15) is 22.3 Å². The quantitative estimate of drug-likeness (QED) is 0.767. The Morgan fingerprint density at radius 3 is 2.12 bits per heavy atom. The molecule has 0 aliphatic rings. The number of nitrogens with one attached hydrogen (secondary N) is 1. The molecular formula is C20H19NO3. The first-order valence-corrected chi connectivity index (χ1v) is 7.83. The Morgan fingerprint density at radius 1 is 0.958 bits per heavy atom. The fourth-order valence-electron chi connectivity index (χ4n) is 2.57. The first kappa shape index (κ1) is 15.9. The van der Waals surface area contributed by atoms with E-state index in [1.807, 2.05) is 48.5 Å². The lowest BCUT2D eigenvalue weighted by Gasteiger charge is -2.07. The molecule has 1 heterocycles. The molecule has 0 aliphatic heterocycles. The maximum absolute atomic E-state index is 11.6. The van der Waals surface area contributed by atoms with Gasteiger partial charge in [-0.3, -0.25) is 0 Å². The minimum absolute atomic E-state index is 0.254. The van der Waals surface area contributed by atoms with Crippen molar-refractivity contribution in [2.24, 2.45) is 0 Å². The van der Waals surface area contributed by atoms with Crippen LogP contribution in [0, 0.1) is 0 Å². The van der Waals surface area contributed by atoms with Crippen LogP contribution in [0.15, 0.2) is 71.3 Å². The molecule has 1 N–H and O–H groups in total. The van der Waals surface area contributed by atoms with Crippen molar-refractivity contribution in [1.29, 1.82) is 0 Å². The molecule has 1 amide bonds. The van der Waals surface area contributed by atoms with Crippen LogP contribution >= 0.6 is 0 Å². The van der Waals surface area contributed by atoms with E-state index in [-0.39, 0.29) is 5.95 Å². The minimum Gasteiger partial charge on any atom is -0.433 e. The van der Waals surface area contributed by atoms with Gasteiger partial charge in [-0.2, -0.15) is 0 Å². The number of ether oxygens (including phenoxy) is 1. The zero-order chi connectivity index (χ0) is 16.8. The summed E-state index contributed by atoms with van der Waals surface area (Å²) in [5.41, 5.74) is 4.23. The lowest BCUT2D eigenvalue weighted by atomic mass is 9.99. The SMILES string of the molecule is CNC(=O)Oc1occ(Cc2ccccc2)c1Cc1ccccc1. The molecule has 3 rings (SSSR count). The molecule has 0 atom stereocenters. The average Bonchev–Trinajstić information content (AvgIpc) is 2.98. The fourth-order valence-corrected chi connectivity index (χ4v) is 2.57. The van der Waals surface area contributed by atoms with E-state index in [1.165, 1.54) is 12.6 Å². The molecule has 2 aromatic carbocycles. The van der Waals surface area contributed by atoms with Crippen LogP contribution in [0.4, 0.5) is 4.79 Å². The van der Waals surface area contributed by atoms with Gasteiger partial charge in [0, 0.05) is 31.0 Å². The van der Waals surface area contributed by atoms with Gasteiger partial charge in [0.2, 0.25) is 0 Å². The Labute approximate surface area is 141 Å². The summed E-state index contributed by atoms with van der Waals surface area (Å²) in [6.07, 6.45) is 2.50. The van der Waals surface area contributed by atoms with Crippen LogP contribution in [0.25, 0.3) is 0 Å². The number of hydrogen-bond donors (Lipinski definition) is 1. The molecule has 0 radical (unpaired) electrons. The summed E-state index contributed by atoms with van der Waals surface area (Å²) in [7, 11) is 1.52. The van der Waals surface area contributed by atoms with Crippen molar-refractivity contribution in [3.05, 3.63) is 89.2 Å². The number of carbonyl (C=O) groups excluding carboxylic acids is 1. The van der Waals surface area contributed by atoms with Crippen LogP contribution in [0.5, 0.6) is 5.95 Å². The first-order valence-electron chi connectivity index (χ1n) is 7.83. The Hall–Kier alpha value is -3.01. The van der Waals surface area contributed by atoms with Gasteiger partial charge in [0.25, 0.3) is 5.95 Å². The van der Waals surface area contributed by atoms with Gasteiger partial charge >= 0.3 is 6.09 Å². The highest BCUT2D eigenvalue weighted by Crippen LogP contribution is 2.29. The van der Waals surface area contributed by atoms with Gasteiger partial charge < -0.3 is 14.5 Å². The summed E-state index contributed by atoms with van der Waals surface area (Å²) in [5.74, 6) is 0.254. The third kappa shape index (κ3) is 3.84. The third-order valence-electron chi connectivity index (χ3n) is 3.79. The van der Waals surface area contributed by atoms with E-state index < -0.39 is 6.09 Å². The monoisotopic (exact) mass is 321 g/mol. The molecule has 0 saturated heterocycles. The highest BCUT2D eigenvalue weighted by atomic mass is 16.6. The normalized spacial score (nSPS) is 10.4.